The van der Waals surface area contributed by atoms with Crippen molar-refractivity contribution in [2.24, 2.45) is 21.6 Å². The number of aliphatic imine (C=N–C) groups is 2. The lowest BCUT2D eigenvalue weighted by molar-refractivity contribution is -0.117. The summed E-state index contributed by atoms with van der Waals surface area (Å²) in [4.78, 5) is 22.3. The highest BCUT2D eigenvalue weighted by atomic mass is 16.1. The van der Waals surface area contributed by atoms with Crippen LogP contribution < -0.4 is 16.4 Å². The molecule has 6 heteroatoms. The number of hydrogen-bond donors (Lipinski definition) is 3. The van der Waals surface area contributed by atoms with Crippen molar-refractivity contribution in [2.75, 3.05) is 7.05 Å². The molecule has 0 bridgehead atoms. The van der Waals surface area contributed by atoms with Gasteiger partial charge in [0.1, 0.15) is 6.17 Å². The standard InChI is InChI=1S/C24H37N5O/c1-15(2)27-14-21(17(4)25)24(30)28-18(5)22(19-10-8-11-19)29-23(26-6)20-12-7-9-16(3)13-20/h7,9,12-15,18-19,23,26H,8,10-11,25H2,1-6H3,(H,28,30)/b21-17+,27-14?,29-22-. The maximum absolute atomic E-state index is 12.9. The number of nitrogens with two attached hydrogens (primary N) is 1. The number of aryl methyl sites for hydroxylation is 1. The van der Waals surface area contributed by atoms with Gasteiger partial charge in [-0.1, -0.05) is 36.2 Å². The first-order valence-electron chi connectivity index (χ1n) is 10.8. The van der Waals surface area contributed by atoms with Crippen LogP contribution in [-0.4, -0.2) is 37.0 Å². The fourth-order valence-electron chi connectivity index (χ4n) is 3.48. The third-order valence-corrected chi connectivity index (χ3v) is 5.40. The van der Waals surface area contributed by atoms with Gasteiger partial charge in [0.15, 0.2) is 0 Å². The lowest BCUT2D eigenvalue weighted by Crippen LogP contribution is -2.44. The Morgan fingerprint density at radius 3 is 2.47 bits per heavy atom. The van der Waals surface area contributed by atoms with Crippen LogP contribution in [0.3, 0.4) is 0 Å². The predicted molar refractivity (Wildman–Crippen MR) is 126 cm³/mol. The number of allylic oxidation sites excluding steroid dienone is 1. The number of carbonyl (C=O) groups is 1. The molecule has 0 aromatic heterocycles. The average Bonchev–Trinajstić information content (AvgIpc) is 2.62. The van der Waals surface area contributed by atoms with Gasteiger partial charge in [0.2, 0.25) is 0 Å². The van der Waals surface area contributed by atoms with E-state index in [9.17, 15) is 4.79 Å². The number of rotatable bonds is 9. The number of benzene rings is 1. The van der Waals surface area contributed by atoms with E-state index >= 15 is 0 Å². The highest BCUT2D eigenvalue weighted by Gasteiger charge is 2.29. The molecule has 2 atom stereocenters. The van der Waals surface area contributed by atoms with Gasteiger partial charge in [-0.3, -0.25) is 20.1 Å². The van der Waals surface area contributed by atoms with Crippen molar-refractivity contribution in [3.8, 4) is 0 Å². The number of nitrogens with one attached hydrogen (secondary N) is 2. The molecule has 2 rings (SSSR count). The first kappa shape index (κ1) is 23.8. The molecule has 0 spiro atoms. The average molecular weight is 412 g/mol. The molecule has 0 aliphatic heterocycles. The fourth-order valence-corrected chi connectivity index (χ4v) is 3.48. The predicted octanol–water partition coefficient (Wildman–Crippen LogP) is 3.67. The summed E-state index contributed by atoms with van der Waals surface area (Å²) < 4.78 is 0. The van der Waals surface area contributed by atoms with Crippen LogP contribution in [0.5, 0.6) is 0 Å². The Labute approximate surface area is 181 Å². The van der Waals surface area contributed by atoms with E-state index in [2.05, 4.69) is 40.7 Å². The largest absolute Gasteiger partial charge is 0.402 e. The lowest BCUT2D eigenvalue weighted by Gasteiger charge is -2.32. The highest BCUT2D eigenvalue weighted by Crippen LogP contribution is 2.30. The van der Waals surface area contributed by atoms with E-state index in [4.69, 9.17) is 10.7 Å². The third-order valence-electron chi connectivity index (χ3n) is 5.40. The SMILES string of the molecule is CNC(/N=C(\C1CCC1)C(C)NC(=O)/C(C=NC(C)C)=C(\C)N)c1cccc(C)c1. The van der Waals surface area contributed by atoms with Gasteiger partial charge in [-0.15, -0.1) is 0 Å². The van der Waals surface area contributed by atoms with E-state index in [-0.39, 0.29) is 24.2 Å². The first-order valence-corrected chi connectivity index (χ1v) is 10.8. The Bertz CT molecular complexity index is 817. The second-order valence-corrected chi connectivity index (χ2v) is 8.45. The molecule has 1 aliphatic rings. The smallest absolute Gasteiger partial charge is 0.255 e. The minimum atomic E-state index is -0.213. The molecule has 1 amide bonds. The van der Waals surface area contributed by atoms with Crippen LogP contribution in [0.1, 0.15) is 64.3 Å². The highest BCUT2D eigenvalue weighted by molar-refractivity contribution is 6.14. The Kier molecular flexibility index (Phi) is 8.78. The van der Waals surface area contributed by atoms with Gasteiger partial charge in [0.25, 0.3) is 5.91 Å². The normalized spacial score (nSPS) is 18.2. The Morgan fingerprint density at radius 1 is 1.27 bits per heavy atom. The van der Waals surface area contributed by atoms with E-state index in [1.807, 2.05) is 33.9 Å². The molecule has 4 N–H and O–H groups in total. The zero-order valence-electron chi connectivity index (χ0n) is 19.2. The van der Waals surface area contributed by atoms with E-state index in [0.29, 0.717) is 17.2 Å². The van der Waals surface area contributed by atoms with Crippen LogP contribution in [-0.2, 0) is 4.79 Å². The Morgan fingerprint density at radius 2 is 1.97 bits per heavy atom. The maximum atomic E-state index is 12.9. The molecule has 164 valence electrons. The number of amides is 1. The summed E-state index contributed by atoms with van der Waals surface area (Å²) in [7, 11) is 1.92. The molecule has 0 saturated heterocycles. The number of carbonyl (C=O) groups excluding carboxylic acids is 1. The summed E-state index contributed by atoms with van der Waals surface area (Å²) in [5, 5.41) is 6.41. The molecule has 2 unspecified atom stereocenters. The molecule has 6 nitrogen and oxygen atoms in total. The van der Waals surface area contributed by atoms with Crippen molar-refractivity contribution >= 4 is 17.8 Å². The van der Waals surface area contributed by atoms with Gasteiger partial charge in [0, 0.05) is 23.7 Å². The van der Waals surface area contributed by atoms with Crippen LogP contribution >= 0.6 is 0 Å². The Hall–Kier alpha value is -2.47. The summed E-state index contributed by atoms with van der Waals surface area (Å²) in [6.45, 7) is 9.73. The van der Waals surface area contributed by atoms with Gasteiger partial charge in [0.05, 0.1) is 11.6 Å². The van der Waals surface area contributed by atoms with Crippen LogP contribution in [0.4, 0.5) is 0 Å². The van der Waals surface area contributed by atoms with E-state index < -0.39 is 0 Å². The summed E-state index contributed by atoms with van der Waals surface area (Å²) in [5.41, 5.74) is 10.2. The molecule has 1 aliphatic carbocycles. The van der Waals surface area contributed by atoms with Crippen molar-refractivity contribution < 1.29 is 4.79 Å². The molecule has 30 heavy (non-hydrogen) atoms. The lowest BCUT2D eigenvalue weighted by atomic mass is 9.79. The van der Waals surface area contributed by atoms with Gasteiger partial charge in [-0.05, 0) is 66.0 Å². The minimum absolute atomic E-state index is 0.0994. The van der Waals surface area contributed by atoms with Crippen LogP contribution in [0.15, 0.2) is 45.5 Å². The molecular weight excluding hydrogens is 374 g/mol. The molecule has 0 radical (unpaired) electrons. The first-order chi connectivity index (χ1) is 14.2. The van der Waals surface area contributed by atoms with Crippen LogP contribution in [0.2, 0.25) is 0 Å². The second-order valence-electron chi connectivity index (χ2n) is 8.45. The summed E-state index contributed by atoms with van der Waals surface area (Å²) in [6, 6.07) is 8.27. The van der Waals surface area contributed by atoms with Crippen molar-refractivity contribution in [1.82, 2.24) is 10.6 Å². The summed E-state index contributed by atoms with van der Waals surface area (Å²) in [6.07, 6.45) is 4.85. The zero-order valence-corrected chi connectivity index (χ0v) is 19.2. The maximum Gasteiger partial charge on any atom is 0.255 e. The summed E-state index contributed by atoms with van der Waals surface area (Å²) in [5.74, 6) is 0.187. The monoisotopic (exact) mass is 411 g/mol. The van der Waals surface area contributed by atoms with E-state index in [1.165, 1.54) is 12.0 Å². The summed E-state index contributed by atoms with van der Waals surface area (Å²) >= 11 is 0. The van der Waals surface area contributed by atoms with E-state index in [1.54, 1.807) is 13.1 Å². The number of nitrogens with zero attached hydrogens (tertiary/aromatic N) is 2. The molecular formula is C24H37N5O. The molecule has 1 aromatic carbocycles. The number of hydrogen-bond acceptors (Lipinski definition) is 5. The molecule has 1 fully saturated rings. The van der Waals surface area contributed by atoms with Crippen molar-refractivity contribution in [2.45, 2.75) is 72.1 Å². The van der Waals surface area contributed by atoms with E-state index in [0.717, 1.165) is 24.1 Å². The van der Waals surface area contributed by atoms with Crippen LogP contribution in [0, 0.1) is 12.8 Å². The zero-order chi connectivity index (χ0) is 22.3. The molecule has 1 aromatic rings. The Balaban J connectivity index is 2.26. The molecule has 0 heterocycles. The fraction of sp³-hybridized carbons (Fsp3) is 0.542. The van der Waals surface area contributed by atoms with Crippen molar-refractivity contribution in [3.63, 3.8) is 0 Å². The van der Waals surface area contributed by atoms with Gasteiger partial charge < -0.3 is 11.1 Å². The minimum Gasteiger partial charge on any atom is -0.402 e. The third kappa shape index (κ3) is 6.52. The quantitative estimate of drug-likeness (QED) is 0.428. The van der Waals surface area contributed by atoms with Crippen molar-refractivity contribution in [1.29, 1.82) is 0 Å². The van der Waals surface area contributed by atoms with Gasteiger partial charge in [-0.2, -0.15) is 0 Å². The molecule has 1 saturated carbocycles. The van der Waals surface area contributed by atoms with Gasteiger partial charge in [-0.25, -0.2) is 0 Å². The van der Waals surface area contributed by atoms with Gasteiger partial charge >= 0.3 is 0 Å². The van der Waals surface area contributed by atoms with Crippen LogP contribution in [0.25, 0.3) is 0 Å². The second kappa shape index (κ2) is 11.1. The topological polar surface area (TPSA) is 91.9 Å². The van der Waals surface area contributed by atoms with Crippen molar-refractivity contribution in [3.05, 3.63) is 46.7 Å².